The maximum Gasteiger partial charge on any atom is 0.324 e. The molecule has 0 saturated heterocycles. The number of carbonyl (C=O) groups excluding carboxylic acids is 1. The van der Waals surface area contributed by atoms with Crippen LogP contribution in [0.1, 0.15) is 16.7 Å². The molecule has 1 aromatic heterocycles. The number of carbonyl (C=O) groups is 1. The maximum atomic E-state index is 12.5. The third kappa shape index (κ3) is 4.93. The fourth-order valence-electron chi connectivity index (χ4n) is 3.19. The molecule has 0 aliphatic heterocycles. The smallest absolute Gasteiger partial charge is 0.324 e. The van der Waals surface area contributed by atoms with Gasteiger partial charge in [0.25, 0.3) is 0 Å². The lowest BCUT2D eigenvalue weighted by Gasteiger charge is -2.10. The number of aryl methyl sites for hydroxylation is 2. The number of rotatable bonds is 5. The second kappa shape index (κ2) is 8.88. The minimum atomic E-state index is -0.373. The first-order chi connectivity index (χ1) is 14.9. The standard InChI is InChI=1S/C23H20Cl2N4O2/c1-13-3-7-20(14(2)9-13)26-23(30)27-22-17-11-16(5-8-21(17)28-29-22)31-12-15-4-6-18(24)19(25)10-15/h3-11H,12H2,1-2H3,(H3,26,27,28,29,30). The lowest BCUT2D eigenvalue weighted by atomic mass is 10.1. The zero-order valence-corrected chi connectivity index (χ0v) is 18.4. The molecule has 4 rings (SSSR count). The monoisotopic (exact) mass is 454 g/mol. The molecule has 4 aromatic rings. The van der Waals surface area contributed by atoms with Crippen molar-refractivity contribution < 1.29 is 9.53 Å². The fourth-order valence-corrected chi connectivity index (χ4v) is 3.51. The highest BCUT2D eigenvalue weighted by atomic mass is 35.5. The van der Waals surface area contributed by atoms with Gasteiger partial charge in [0.1, 0.15) is 12.4 Å². The molecule has 0 aliphatic carbocycles. The number of hydrogen-bond acceptors (Lipinski definition) is 3. The lowest BCUT2D eigenvalue weighted by Crippen LogP contribution is -2.20. The van der Waals surface area contributed by atoms with Crippen LogP contribution in [0, 0.1) is 13.8 Å². The highest BCUT2D eigenvalue weighted by molar-refractivity contribution is 6.42. The van der Waals surface area contributed by atoms with Crippen molar-refractivity contribution in [1.82, 2.24) is 10.2 Å². The largest absolute Gasteiger partial charge is 0.489 e. The van der Waals surface area contributed by atoms with Gasteiger partial charge in [0.15, 0.2) is 5.82 Å². The number of halogens is 2. The molecule has 1 heterocycles. The minimum Gasteiger partial charge on any atom is -0.489 e. The lowest BCUT2D eigenvalue weighted by molar-refractivity contribution is 0.262. The van der Waals surface area contributed by atoms with E-state index in [1.54, 1.807) is 12.1 Å². The second-order valence-corrected chi connectivity index (χ2v) is 8.03. The molecule has 0 fully saturated rings. The van der Waals surface area contributed by atoms with Crippen LogP contribution in [0.2, 0.25) is 10.0 Å². The van der Waals surface area contributed by atoms with Gasteiger partial charge in [-0.1, -0.05) is 47.0 Å². The Labute approximate surface area is 189 Å². The van der Waals surface area contributed by atoms with E-state index in [0.29, 0.717) is 28.2 Å². The van der Waals surface area contributed by atoms with E-state index >= 15 is 0 Å². The van der Waals surface area contributed by atoms with Crippen molar-refractivity contribution in [2.75, 3.05) is 10.6 Å². The van der Waals surface area contributed by atoms with Crippen LogP contribution in [0.15, 0.2) is 54.6 Å². The molecule has 8 heteroatoms. The molecule has 0 atom stereocenters. The molecule has 3 N–H and O–H groups in total. The SMILES string of the molecule is Cc1ccc(NC(=O)Nc2n[nH]c3ccc(OCc4ccc(Cl)c(Cl)c4)cc23)c(C)c1. The van der Waals surface area contributed by atoms with Crippen LogP contribution in [-0.2, 0) is 6.61 Å². The van der Waals surface area contributed by atoms with E-state index < -0.39 is 0 Å². The molecule has 0 radical (unpaired) electrons. The van der Waals surface area contributed by atoms with Crippen molar-refractivity contribution in [2.45, 2.75) is 20.5 Å². The van der Waals surface area contributed by atoms with E-state index in [4.69, 9.17) is 27.9 Å². The van der Waals surface area contributed by atoms with Crippen LogP contribution in [0.5, 0.6) is 5.75 Å². The normalized spacial score (nSPS) is 10.8. The highest BCUT2D eigenvalue weighted by Crippen LogP contribution is 2.27. The summed E-state index contributed by atoms with van der Waals surface area (Å²) in [4.78, 5) is 12.5. The molecular weight excluding hydrogens is 435 g/mol. The first-order valence-corrected chi connectivity index (χ1v) is 10.3. The number of nitrogens with zero attached hydrogens (tertiary/aromatic N) is 1. The van der Waals surface area contributed by atoms with Gasteiger partial charge in [0.05, 0.1) is 15.6 Å². The first-order valence-electron chi connectivity index (χ1n) is 9.59. The molecule has 0 bridgehead atoms. The van der Waals surface area contributed by atoms with Gasteiger partial charge in [-0.15, -0.1) is 0 Å². The summed E-state index contributed by atoms with van der Waals surface area (Å²) < 4.78 is 5.88. The number of benzene rings is 3. The van der Waals surface area contributed by atoms with Crippen molar-refractivity contribution in [3.05, 3.63) is 81.3 Å². The summed E-state index contributed by atoms with van der Waals surface area (Å²) in [7, 11) is 0. The minimum absolute atomic E-state index is 0.330. The van der Waals surface area contributed by atoms with Crippen LogP contribution in [0.25, 0.3) is 10.9 Å². The number of H-pyrrole nitrogens is 1. The highest BCUT2D eigenvalue weighted by Gasteiger charge is 2.12. The maximum absolute atomic E-state index is 12.5. The first kappa shape index (κ1) is 21.0. The topological polar surface area (TPSA) is 79.0 Å². The van der Waals surface area contributed by atoms with Gasteiger partial charge in [0.2, 0.25) is 0 Å². The van der Waals surface area contributed by atoms with Gasteiger partial charge >= 0.3 is 6.03 Å². The zero-order chi connectivity index (χ0) is 22.0. The Morgan fingerprint density at radius 2 is 1.84 bits per heavy atom. The van der Waals surface area contributed by atoms with Crippen molar-refractivity contribution in [3.63, 3.8) is 0 Å². The van der Waals surface area contributed by atoms with E-state index in [9.17, 15) is 4.79 Å². The van der Waals surface area contributed by atoms with Gasteiger partial charge in [-0.2, -0.15) is 5.10 Å². The summed E-state index contributed by atoms with van der Waals surface area (Å²) >= 11 is 12.0. The number of anilines is 2. The van der Waals surface area contributed by atoms with Crippen LogP contribution < -0.4 is 15.4 Å². The molecule has 3 aromatic carbocycles. The molecule has 31 heavy (non-hydrogen) atoms. The third-order valence-corrected chi connectivity index (χ3v) is 5.52. The molecule has 2 amide bonds. The number of ether oxygens (including phenoxy) is 1. The van der Waals surface area contributed by atoms with Gasteiger partial charge in [0, 0.05) is 11.1 Å². The number of fused-ring (bicyclic) bond motifs is 1. The van der Waals surface area contributed by atoms with E-state index in [2.05, 4.69) is 20.8 Å². The summed E-state index contributed by atoms with van der Waals surface area (Å²) in [5, 5.41) is 14.5. The summed E-state index contributed by atoms with van der Waals surface area (Å²) in [6, 6.07) is 16.3. The Morgan fingerprint density at radius 1 is 1.00 bits per heavy atom. The second-order valence-electron chi connectivity index (χ2n) is 7.21. The fraction of sp³-hybridized carbons (Fsp3) is 0.130. The zero-order valence-electron chi connectivity index (χ0n) is 16.9. The molecule has 158 valence electrons. The Balaban J connectivity index is 1.47. The molecule has 0 aliphatic rings. The van der Waals surface area contributed by atoms with E-state index in [1.165, 1.54) is 0 Å². The average molecular weight is 455 g/mol. The quantitative estimate of drug-likeness (QED) is 0.313. The van der Waals surface area contributed by atoms with Crippen molar-refractivity contribution in [3.8, 4) is 5.75 Å². The molecular formula is C23H20Cl2N4O2. The Bertz CT molecular complexity index is 1270. The predicted octanol–water partition coefficient (Wildman–Crippen LogP) is 6.71. The number of hydrogen-bond donors (Lipinski definition) is 3. The van der Waals surface area contributed by atoms with Crippen LogP contribution >= 0.6 is 23.2 Å². The molecule has 0 saturated carbocycles. The molecule has 6 nitrogen and oxygen atoms in total. The number of aromatic nitrogens is 2. The summed E-state index contributed by atoms with van der Waals surface area (Å²) in [5.41, 5.74) is 4.54. The van der Waals surface area contributed by atoms with E-state index in [-0.39, 0.29) is 6.03 Å². The Hall–Kier alpha value is -3.22. The average Bonchev–Trinajstić information content (AvgIpc) is 3.13. The number of nitrogens with one attached hydrogen (secondary N) is 3. The summed E-state index contributed by atoms with van der Waals surface area (Å²) in [6.45, 7) is 4.29. The number of urea groups is 1. The van der Waals surface area contributed by atoms with Crippen molar-refractivity contribution in [2.24, 2.45) is 0 Å². The van der Waals surface area contributed by atoms with E-state index in [1.807, 2.05) is 56.3 Å². The van der Waals surface area contributed by atoms with Crippen LogP contribution in [0.4, 0.5) is 16.3 Å². The van der Waals surface area contributed by atoms with Crippen molar-refractivity contribution in [1.29, 1.82) is 0 Å². The number of amides is 2. The Kier molecular flexibility index (Phi) is 6.02. The van der Waals surface area contributed by atoms with Crippen LogP contribution in [0.3, 0.4) is 0 Å². The summed E-state index contributed by atoms with van der Waals surface area (Å²) in [5.74, 6) is 1.05. The van der Waals surface area contributed by atoms with Gasteiger partial charge in [-0.25, -0.2) is 4.79 Å². The number of aromatic amines is 1. The van der Waals surface area contributed by atoms with Crippen molar-refractivity contribution >= 4 is 51.6 Å². The third-order valence-electron chi connectivity index (χ3n) is 4.79. The van der Waals surface area contributed by atoms with Gasteiger partial charge in [-0.3, -0.25) is 10.4 Å². The molecule has 0 spiro atoms. The van der Waals surface area contributed by atoms with Gasteiger partial charge in [-0.05, 0) is 61.4 Å². The van der Waals surface area contributed by atoms with Crippen LogP contribution in [-0.4, -0.2) is 16.2 Å². The predicted molar refractivity (Wildman–Crippen MR) is 125 cm³/mol. The van der Waals surface area contributed by atoms with E-state index in [0.717, 1.165) is 33.3 Å². The summed E-state index contributed by atoms with van der Waals surface area (Å²) in [6.07, 6.45) is 0. The molecule has 0 unspecified atom stereocenters. The van der Waals surface area contributed by atoms with Gasteiger partial charge < -0.3 is 10.1 Å². The Morgan fingerprint density at radius 3 is 2.61 bits per heavy atom.